The maximum absolute atomic E-state index is 11.7. The summed E-state index contributed by atoms with van der Waals surface area (Å²) < 4.78 is 5.79. The Bertz CT molecular complexity index is 818. The van der Waals surface area contributed by atoms with Crippen LogP contribution in [0, 0.1) is 5.92 Å². The molecule has 6 heteroatoms. The van der Waals surface area contributed by atoms with Crippen molar-refractivity contribution in [3.05, 3.63) is 65.2 Å². The van der Waals surface area contributed by atoms with Crippen LogP contribution in [-0.4, -0.2) is 39.1 Å². The van der Waals surface area contributed by atoms with Crippen LogP contribution in [0.3, 0.4) is 0 Å². The molecular formula is C23H32N4O2. The van der Waals surface area contributed by atoms with E-state index in [0.717, 1.165) is 29.3 Å². The second-order valence-corrected chi connectivity index (χ2v) is 7.23. The molecule has 6 nitrogen and oxygen atoms in total. The number of nitrogens with zero attached hydrogens (tertiary/aromatic N) is 1. The van der Waals surface area contributed by atoms with Gasteiger partial charge in [0.1, 0.15) is 5.75 Å². The Hall–Kier alpha value is -3.02. The number of benzene rings is 2. The molecule has 0 radical (unpaired) electrons. The highest BCUT2D eigenvalue weighted by molar-refractivity contribution is 5.94. The van der Waals surface area contributed by atoms with Crippen molar-refractivity contribution < 1.29 is 9.53 Å². The smallest absolute Gasteiger partial charge is 0.251 e. The average molecular weight is 397 g/mol. The highest BCUT2D eigenvalue weighted by Gasteiger charge is 2.05. The second-order valence-electron chi connectivity index (χ2n) is 7.23. The van der Waals surface area contributed by atoms with Gasteiger partial charge in [0.05, 0.1) is 6.61 Å². The monoisotopic (exact) mass is 396 g/mol. The molecule has 0 fully saturated rings. The summed E-state index contributed by atoms with van der Waals surface area (Å²) in [6, 6.07) is 15.7. The molecule has 0 saturated carbocycles. The molecule has 3 N–H and O–H groups in total. The molecule has 0 heterocycles. The number of guanidine groups is 1. The third kappa shape index (κ3) is 7.86. The fraction of sp³-hybridized carbons (Fsp3) is 0.391. The van der Waals surface area contributed by atoms with Gasteiger partial charge in [0.15, 0.2) is 5.96 Å². The first kappa shape index (κ1) is 22.3. The SMILES string of the molecule is CN=C(NCCc1cccc(C(=O)NC)c1)NCc1cccc(OCC(C)C)c1. The summed E-state index contributed by atoms with van der Waals surface area (Å²) in [5, 5.41) is 9.28. The average Bonchev–Trinajstić information content (AvgIpc) is 2.74. The quantitative estimate of drug-likeness (QED) is 0.450. The van der Waals surface area contributed by atoms with Gasteiger partial charge >= 0.3 is 0 Å². The summed E-state index contributed by atoms with van der Waals surface area (Å²) in [5.74, 6) is 2.05. The highest BCUT2D eigenvalue weighted by Crippen LogP contribution is 2.14. The van der Waals surface area contributed by atoms with Crippen LogP contribution >= 0.6 is 0 Å². The van der Waals surface area contributed by atoms with E-state index in [2.05, 4.69) is 40.9 Å². The number of carbonyl (C=O) groups excluding carboxylic acids is 1. The molecule has 0 atom stereocenters. The number of rotatable bonds is 9. The van der Waals surface area contributed by atoms with Crippen molar-refractivity contribution in [3.8, 4) is 5.75 Å². The first-order valence-corrected chi connectivity index (χ1v) is 9.99. The zero-order valence-electron chi connectivity index (χ0n) is 17.8. The normalized spacial score (nSPS) is 11.3. The van der Waals surface area contributed by atoms with Gasteiger partial charge in [-0.1, -0.05) is 38.1 Å². The van der Waals surface area contributed by atoms with Crippen LogP contribution in [0.5, 0.6) is 5.75 Å². The Balaban J connectivity index is 1.81. The minimum atomic E-state index is -0.0723. The Morgan fingerprint density at radius 2 is 1.83 bits per heavy atom. The summed E-state index contributed by atoms with van der Waals surface area (Å²) in [5.41, 5.74) is 2.91. The van der Waals surface area contributed by atoms with Gasteiger partial charge in [0.25, 0.3) is 5.91 Å². The van der Waals surface area contributed by atoms with Crippen LogP contribution in [0.1, 0.15) is 35.3 Å². The van der Waals surface area contributed by atoms with Gasteiger partial charge in [-0.3, -0.25) is 9.79 Å². The van der Waals surface area contributed by atoms with E-state index in [1.165, 1.54) is 0 Å². The van der Waals surface area contributed by atoms with E-state index in [0.29, 0.717) is 31.2 Å². The lowest BCUT2D eigenvalue weighted by Gasteiger charge is -2.13. The molecule has 0 saturated heterocycles. The second kappa shape index (κ2) is 11.7. The van der Waals surface area contributed by atoms with Gasteiger partial charge in [0.2, 0.25) is 0 Å². The predicted octanol–water partition coefficient (Wildman–Crippen LogP) is 2.99. The van der Waals surface area contributed by atoms with E-state index in [1.807, 2.05) is 42.5 Å². The number of aliphatic imine (C=N–C) groups is 1. The molecule has 2 aromatic rings. The van der Waals surface area contributed by atoms with Gasteiger partial charge in [-0.2, -0.15) is 0 Å². The summed E-state index contributed by atoms with van der Waals surface area (Å²) >= 11 is 0. The van der Waals surface area contributed by atoms with E-state index in [9.17, 15) is 4.79 Å². The zero-order chi connectivity index (χ0) is 21.1. The van der Waals surface area contributed by atoms with E-state index < -0.39 is 0 Å². The minimum Gasteiger partial charge on any atom is -0.493 e. The van der Waals surface area contributed by atoms with Gasteiger partial charge in [-0.15, -0.1) is 0 Å². The molecule has 2 rings (SSSR count). The van der Waals surface area contributed by atoms with Crippen LogP contribution in [0.2, 0.25) is 0 Å². The number of amides is 1. The van der Waals surface area contributed by atoms with Crippen LogP contribution < -0.4 is 20.7 Å². The Labute approximate surface area is 173 Å². The molecule has 0 spiro atoms. The number of hydrogen-bond acceptors (Lipinski definition) is 3. The Kier molecular flexibility index (Phi) is 9.02. The summed E-state index contributed by atoms with van der Waals surface area (Å²) in [6.45, 7) is 6.35. The van der Waals surface area contributed by atoms with Gasteiger partial charge in [-0.25, -0.2) is 0 Å². The van der Waals surface area contributed by atoms with Gasteiger partial charge < -0.3 is 20.7 Å². The molecule has 29 heavy (non-hydrogen) atoms. The molecular weight excluding hydrogens is 364 g/mol. The maximum atomic E-state index is 11.7. The first-order chi connectivity index (χ1) is 14.0. The standard InChI is InChI=1S/C23H32N4O2/c1-17(2)16-29-21-10-6-8-19(14-21)15-27-23(25-4)26-12-11-18-7-5-9-20(13-18)22(28)24-3/h5-10,13-14,17H,11-12,15-16H2,1-4H3,(H,24,28)(H2,25,26,27). The van der Waals surface area contributed by atoms with Crippen LogP contribution in [0.25, 0.3) is 0 Å². The summed E-state index contributed by atoms with van der Waals surface area (Å²) in [7, 11) is 3.39. The van der Waals surface area contributed by atoms with Crippen molar-refractivity contribution in [1.29, 1.82) is 0 Å². The lowest BCUT2D eigenvalue weighted by atomic mass is 10.1. The van der Waals surface area contributed by atoms with Crippen molar-refractivity contribution in [2.45, 2.75) is 26.8 Å². The van der Waals surface area contributed by atoms with Gasteiger partial charge in [0, 0.05) is 32.7 Å². The first-order valence-electron chi connectivity index (χ1n) is 9.99. The van der Waals surface area contributed by atoms with Crippen molar-refractivity contribution >= 4 is 11.9 Å². The van der Waals surface area contributed by atoms with E-state index in [4.69, 9.17) is 4.74 Å². The number of ether oxygens (including phenoxy) is 1. The van der Waals surface area contributed by atoms with E-state index in [1.54, 1.807) is 14.1 Å². The lowest BCUT2D eigenvalue weighted by Crippen LogP contribution is -2.37. The van der Waals surface area contributed by atoms with Crippen molar-refractivity contribution in [2.75, 3.05) is 27.2 Å². The minimum absolute atomic E-state index is 0.0723. The Morgan fingerprint density at radius 3 is 2.55 bits per heavy atom. The highest BCUT2D eigenvalue weighted by atomic mass is 16.5. The number of hydrogen-bond donors (Lipinski definition) is 3. The third-order valence-corrected chi connectivity index (χ3v) is 4.29. The third-order valence-electron chi connectivity index (χ3n) is 4.29. The van der Waals surface area contributed by atoms with Crippen LogP contribution in [0.4, 0.5) is 0 Å². The fourth-order valence-electron chi connectivity index (χ4n) is 2.75. The van der Waals surface area contributed by atoms with E-state index >= 15 is 0 Å². The predicted molar refractivity (Wildman–Crippen MR) is 119 cm³/mol. The fourth-order valence-corrected chi connectivity index (χ4v) is 2.75. The molecule has 0 aliphatic rings. The molecule has 2 aromatic carbocycles. The van der Waals surface area contributed by atoms with Crippen LogP contribution in [-0.2, 0) is 13.0 Å². The molecule has 1 amide bonds. The topological polar surface area (TPSA) is 74.8 Å². The summed E-state index contributed by atoms with van der Waals surface area (Å²) in [6.07, 6.45) is 0.796. The zero-order valence-corrected chi connectivity index (χ0v) is 17.8. The number of carbonyl (C=O) groups is 1. The largest absolute Gasteiger partial charge is 0.493 e. The molecule has 0 bridgehead atoms. The summed E-state index contributed by atoms with van der Waals surface area (Å²) in [4.78, 5) is 16.0. The number of nitrogens with one attached hydrogen (secondary N) is 3. The van der Waals surface area contributed by atoms with Crippen molar-refractivity contribution in [3.63, 3.8) is 0 Å². The molecule has 0 aromatic heterocycles. The van der Waals surface area contributed by atoms with Gasteiger partial charge in [-0.05, 0) is 47.7 Å². The maximum Gasteiger partial charge on any atom is 0.251 e. The van der Waals surface area contributed by atoms with E-state index in [-0.39, 0.29) is 5.91 Å². The molecule has 156 valence electrons. The molecule has 0 aliphatic heterocycles. The van der Waals surface area contributed by atoms with Crippen molar-refractivity contribution in [1.82, 2.24) is 16.0 Å². The molecule has 0 aliphatic carbocycles. The molecule has 0 unspecified atom stereocenters. The van der Waals surface area contributed by atoms with Crippen LogP contribution in [0.15, 0.2) is 53.5 Å². The lowest BCUT2D eigenvalue weighted by molar-refractivity contribution is 0.0963. The Morgan fingerprint density at radius 1 is 1.07 bits per heavy atom. The van der Waals surface area contributed by atoms with Crippen molar-refractivity contribution in [2.24, 2.45) is 10.9 Å².